The van der Waals surface area contributed by atoms with Crippen LogP contribution < -0.4 is 0 Å². The Morgan fingerprint density at radius 3 is 2.35 bits per heavy atom. The van der Waals surface area contributed by atoms with E-state index in [2.05, 4.69) is 18.7 Å². The largest absolute Gasteiger partial charge is 0.389 e. The van der Waals surface area contributed by atoms with Crippen molar-refractivity contribution < 1.29 is 14.6 Å². The van der Waals surface area contributed by atoms with Crippen LogP contribution in [-0.4, -0.2) is 62.7 Å². The molecule has 0 saturated heterocycles. The van der Waals surface area contributed by atoms with Gasteiger partial charge < -0.3 is 19.5 Å². The summed E-state index contributed by atoms with van der Waals surface area (Å²) >= 11 is 0. The first-order chi connectivity index (χ1) is 7.95. The number of ether oxygens (including phenoxy) is 2. The normalized spacial score (nSPS) is 15.5. The third-order valence-electron chi connectivity index (χ3n) is 2.59. The molecule has 0 aliphatic rings. The lowest BCUT2D eigenvalue weighted by Gasteiger charge is -2.22. The van der Waals surface area contributed by atoms with E-state index in [4.69, 9.17) is 9.47 Å². The predicted molar refractivity (Wildman–Crippen MR) is 70.2 cm³/mol. The summed E-state index contributed by atoms with van der Waals surface area (Å²) in [7, 11) is 3.68. The molecule has 0 fully saturated rings. The average molecular weight is 247 g/mol. The molecule has 0 saturated carbocycles. The lowest BCUT2D eigenvalue weighted by atomic mass is 10.1. The van der Waals surface area contributed by atoms with Crippen LogP contribution in [-0.2, 0) is 9.47 Å². The lowest BCUT2D eigenvalue weighted by Crippen LogP contribution is -2.34. The molecule has 1 N–H and O–H groups in total. The van der Waals surface area contributed by atoms with Crippen molar-refractivity contribution in [3.63, 3.8) is 0 Å². The maximum atomic E-state index is 9.79. The van der Waals surface area contributed by atoms with Gasteiger partial charge >= 0.3 is 0 Å². The zero-order valence-electron chi connectivity index (χ0n) is 12.0. The molecule has 0 heterocycles. The molecule has 0 radical (unpaired) electrons. The molecule has 2 atom stereocenters. The fourth-order valence-corrected chi connectivity index (χ4v) is 1.54. The maximum Gasteiger partial charge on any atom is 0.0900 e. The quantitative estimate of drug-likeness (QED) is 0.633. The second-order valence-corrected chi connectivity index (χ2v) is 5.20. The van der Waals surface area contributed by atoms with Gasteiger partial charge in [0, 0.05) is 13.7 Å². The Bertz CT molecular complexity index is 176. The Morgan fingerprint density at radius 2 is 1.82 bits per heavy atom. The van der Waals surface area contributed by atoms with Crippen LogP contribution in [0.4, 0.5) is 0 Å². The van der Waals surface area contributed by atoms with E-state index in [9.17, 15) is 5.11 Å². The minimum absolute atomic E-state index is 0.0376. The van der Waals surface area contributed by atoms with Crippen LogP contribution in [0.3, 0.4) is 0 Å². The van der Waals surface area contributed by atoms with Gasteiger partial charge in [-0.25, -0.2) is 0 Å². The minimum Gasteiger partial charge on any atom is -0.389 e. The summed E-state index contributed by atoms with van der Waals surface area (Å²) in [6, 6.07) is 0. The van der Waals surface area contributed by atoms with Gasteiger partial charge in [0.05, 0.1) is 25.4 Å². The molecule has 0 aromatic carbocycles. The number of aliphatic hydroxyl groups excluding tert-OH is 1. The Labute approximate surface area is 106 Å². The molecule has 2 unspecified atom stereocenters. The summed E-state index contributed by atoms with van der Waals surface area (Å²) < 4.78 is 10.4. The van der Waals surface area contributed by atoms with Crippen LogP contribution in [0.15, 0.2) is 0 Å². The Kier molecular flexibility index (Phi) is 9.74. The number of hydrogen-bond acceptors (Lipinski definition) is 4. The van der Waals surface area contributed by atoms with Crippen molar-refractivity contribution in [3.8, 4) is 0 Å². The summed E-state index contributed by atoms with van der Waals surface area (Å²) in [6.45, 7) is 8.97. The van der Waals surface area contributed by atoms with E-state index < -0.39 is 6.10 Å². The van der Waals surface area contributed by atoms with Gasteiger partial charge in [-0.3, -0.25) is 0 Å². The van der Waals surface area contributed by atoms with Crippen LogP contribution in [0.1, 0.15) is 27.2 Å². The molecule has 0 bridgehead atoms. The molecule has 4 nitrogen and oxygen atoms in total. The summed E-state index contributed by atoms with van der Waals surface area (Å²) in [4.78, 5) is 2.15. The third-order valence-corrected chi connectivity index (χ3v) is 2.59. The zero-order valence-corrected chi connectivity index (χ0v) is 12.0. The SMILES string of the molecule is COCC(C)OCC(O)CN(C)CCC(C)C. The highest BCUT2D eigenvalue weighted by Crippen LogP contribution is 2.02. The molecule has 0 amide bonds. The molecule has 0 aromatic rings. The number of rotatable bonds is 10. The number of nitrogens with zero attached hydrogens (tertiary/aromatic N) is 1. The van der Waals surface area contributed by atoms with E-state index in [1.54, 1.807) is 7.11 Å². The zero-order chi connectivity index (χ0) is 13.3. The molecular formula is C13H29NO3. The first-order valence-corrected chi connectivity index (χ1v) is 6.42. The third kappa shape index (κ3) is 10.7. The summed E-state index contributed by atoms with van der Waals surface area (Å²) in [5.74, 6) is 0.701. The lowest BCUT2D eigenvalue weighted by molar-refractivity contribution is -0.0382. The highest BCUT2D eigenvalue weighted by atomic mass is 16.5. The van der Waals surface area contributed by atoms with Gasteiger partial charge in [0.15, 0.2) is 0 Å². The van der Waals surface area contributed by atoms with Crippen LogP contribution in [0.25, 0.3) is 0 Å². The fourth-order valence-electron chi connectivity index (χ4n) is 1.54. The van der Waals surface area contributed by atoms with Gasteiger partial charge in [-0.15, -0.1) is 0 Å². The predicted octanol–water partition coefficient (Wildman–Crippen LogP) is 1.38. The summed E-state index contributed by atoms with van der Waals surface area (Å²) in [6.07, 6.45) is 0.770. The van der Waals surface area contributed by atoms with Gasteiger partial charge in [0.2, 0.25) is 0 Å². The minimum atomic E-state index is -0.425. The van der Waals surface area contributed by atoms with Crippen LogP contribution in [0.2, 0.25) is 0 Å². The standard InChI is InChI=1S/C13H29NO3/c1-11(2)6-7-14(4)8-13(15)10-17-12(3)9-16-5/h11-13,15H,6-10H2,1-5H3. The van der Waals surface area contributed by atoms with Crippen molar-refractivity contribution in [2.75, 3.05) is 40.5 Å². The number of methoxy groups -OCH3 is 1. The van der Waals surface area contributed by atoms with Crippen LogP contribution >= 0.6 is 0 Å². The van der Waals surface area contributed by atoms with Crippen LogP contribution in [0, 0.1) is 5.92 Å². The van der Waals surface area contributed by atoms with E-state index in [1.165, 1.54) is 0 Å². The van der Waals surface area contributed by atoms with Crippen molar-refractivity contribution in [2.24, 2.45) is 5.92 Å². The van der Waals surface area contributed by atoms with Gasteiger partial charge in [-0.05, 0) is 32.9 Å². The van der Waals surface area contributed by atoms with Gasteiger partial charge in [0.1, 0.15) is 0 Å². The van der Waals surface area contributed by atoms with Crippen molar-refractivity contribution in [1.82, 2.24) is 4.90 Å². The average Bonchev–Trinajstić information content (AvgIpc) is 2.24. The van der Waals surface area contributed by atoms with Crippen molar-refractivity contribution >= 4 is 0 Å². The Hall–Kier alpha value is -0.160. The van der Waals surface area contributed by atoms with Crippen molar-refractivity contribution in [2.45, 2.75) is 39.4 Å². The van der Waals surface area contributed by atoms with E-state index in [-0.39, 0.29) is 6.10 Å². The van der Waals surface area contributed by atoms with Gasteiger partial charge in [-0.1, -0.05) is 13.8 Å². The Morgan fingerprint density at radius 1 is 1.18 bits per heavy atom. The van der Waals surface area contributed by atoms with E-state index >= 15 is 0 Å². The molecule has 0 rings (SSSR count). The van der Waals surface area contributed by atoms with E-state index in [0.29, 0.717) is 25.7 Å². The molecule has 0 aromatic heterocycles. The molecule has 104 valence electrons. The Balaban J connectivity index is 3.59. The molecule has 0 aliphatic heterocycles. The number of hydrogen-bond donors (Lipinski definition) is 1. The number of likely N-dealkylation sites (N-methyl/N-ethyl adjacent to an activating group) is 1. The summed E-state index contributed by atoms with van der Waals surface area (Å²) in [5, 5.41) is 9.79. The first-order valence-electron chi connectivity index (χ1n) is 6.42. The van der Waals surface area contributed by atoms with E-state index in [1.807, 2.05) is 14.0 Å². The van der Waals surface area contributed by atoms with Crippen molar-refractivity contribution in [1.29, 1.82) is 0 Å². The molecule has 0 spiro atoms. The fraction of sp³-hybridized carbons (Fsp3) is 1.00. The smallest absolute Gasteiger partial charge is 0.0900 e. The maximum absolute atomic E-state index is 9.79. The highest BCUT2D eigenvalue weighted by molar-refractivity contribution is 4.62. The summed E-state index contributed by atoms with van der Waals surface area (Å²) in [5.41, 5.74) is 0. The van der Waals surface area contributed by atoms with Crippen molar-refractivity contribution in [3.05, 3.63) is 0 Å². The second-order valence-electron chi connectivity index (χ2n) is 5.20. The van der Waals surface area contributed by atoms with Crippen LogP contribution in [0.5, 0.6) is 0 Å². The number of aliphatic hydroxyl groups is 1. The monoisotopic (exact) mass is 247 g/mol. The molecular weight excluding hydrogens is 218 g/mol. The topological polar surface area (TPSA) is 41.9 Å². The molecule has 4 heteroatoms. The highest BCUT2D eigenvalue weighted by Gasteiger charge is 2.11. The van der Waals surface area contributed by atoms with E-state index in [0.717, 1.165) is 13.0 Å². The molecule has 0 aliphatic carbocycles. The van der Waals surface area contributed by atoms with Gasteiger partial charge in [-0.2, -0.15) is 0 Å². The first kappa shape index (κ1) is 16.8. The second kappa shape index (κ2) is 9.83. The molecule has 17 heavy (non-hydrogen) atoms. The van der Waals surface area contributed by atoms with Gasteiger partial charge in [0.25, 0.3) is 0 Å².